The first kappa shape index (κ1) is 12.5. The predicted molar refractivity (Wildman–Crippen MR) is 68.6 cm³/mol. The van der Waals surface area contributed by atoms with Crippen LogP contribution < -0.4 is 11.1 Å². The van der Waals surface area contributed by atoms with Crippen LogP contribution in [0.25, 0.3) is 0 Å². The van der Waals surface area contributed by atoms with E-state index in [1.165, 1.54) is 0 Å². The summed E-state index contributed by atoms with van der Waals surface area (Å²) in [6.07, 6.45) is 4.43. The molecule has 4 nitrogen and oxygen atoms in total. The van der Waals surface area contributed by atoms with E-state index in [-0.39, 0.29) is 17.9 Å². The molecule has 1 aromatic heterocycles. The number of nitrogens with two attached hydrogens (primary N) is 1. The summed E-state index contributed by atoms with van der Waals surface area (Å²) in [5, 5.41) is 5.94. The van der Waals surface area contributed by atoms with Gasteiger partial charge < -0.3 is 11.1 Å². The quantitative estimate of drug-likeness (QED) is 0.860. The topological polar surface area (TPSA) is 68.0 Å². The van der Waals surface area contributed by atoms with E-state index in [2.05, 4.69) is 10.3 Å². The Morgan fingerprint density at radius 1 is 1.59 bits per heavy atom. The van der Waals surface area contributed by atoms with Crippen molar-refractivity contribution in [3.05, 3.63) is 16.6 Å². The maximum atomic E-state index is 12.1. The van der Waals surface area contributed by atoms with E-state index < -0.39 is 5.54 Å². The number of aromatic nitrogens is 1. The van der Waals surface area contributed by atoms with E-state index in [1.54, 1.807) is 17.5 Å². The summed E-state index contributed by atoms with van der Waals surface area (Å²) in [6, 6.07) is 0.189. The Hall–Kier alpha value is -0.940. The maximum absolute atomic E-state index is 12.1. The Kier molecular flexibility index (Phi) is 3.49. The molecule has 1 amide bonds. The molecule has 1 fully saturated rings. The minimum absolute atomic E-state index is 0.0734. The van der Waals surface area contributed by atoms with Crippen LogP contribution in [0.5, 0.6) is 0 Å². The Morgan fingerprint density at radius 2 is 2.35 bits per heavy atom. The van der Waals surface area contributed by atoms with Crippen molar-refractivity contribution in [3.63, 3.8) is 0 Å². The lowest BCUT2D eigenvalue weighted by molar-refractivity contribution is -0.126. The van der Waals surface area contributed by atoms with Crippen LogP contribution in [-0.2, 0) is 10.3 Å². The van der Waals surface area contributed by atoms with Gasteiger partial charge in [0.25, 0.3) is 0 Å². The van der Waals surface area contributed by atoms with Crippen LogP contribution in [0.2, 0.25) is 0 Å². The molecule has 1 aliphatic rings. The summed E-state index contributed by atoms with van der Waals surface area (Å²) >= 11 is 1.56. The molecule has 94 valence electrons. The number of hydrogen-bond donors (Lipinski definition) is 2. The Morgan fingerprint density at radius 3 is 2.88 bits per heavy atom. The fraction of sp³-hybridized carbons (Fsp3) is 0.667. The summed E-state index contributed by atoms with van der Waals surface area (Å²) in [5.74, 6) is 0.183. The summed E-state index contributed by atoms with van der Waals surface area (Å²) in [4.78, 5) is 16.4. The van der Waals surface area contributed by atoms with Gasteiger partial charge in [0.05, 0.1) is 5.54 Å². The highest BCUT2D eigenvalue weighted by Crippen LogP contribution is 2.27. The molecule has 0 spiro atoms. The van der Waals surface area contributed by atoms with Crippen LogP contribution >= 0.6 is 11.3 Å². The van der Waals surface area contributed by atoms with E-state index in [4.69, 9.17) is 5.73 Å². The van der Waals surface area contributed by atoms with Gasteiger partial charge in [-0.1, -0.05) is 0 Å². The maximum Gasteiger partial charge on any atom is 0.223 e. The molecular formula is C12H19N3OS. The number of thiazole rings is 1. The number of rotatable bonds is 3. The summed E-state index contributed by atoms with van der Waals surface area (Å²) < 4.78 is 0. The summed E-state index contributed by atoms with van der Waals surface area (Å²) in [5.41, 5.74) is 5.44. The number of hydrogen-bond acceptors (Lipinski definition) is 4. The third kappa shape index (κ3) is 2.84. The third-order valence-electron chi connectivity index (χ3n) is 3.25. The lowest BCUT2D eigenvalue weighted by Gasteiger charge is -2.25. The standard InChI is InChI=1S/C12H19N3OS/c1-12(2,11-14-5-6-17-11)15-10(16)8-3-4-9(13)7-8/h5-6,8-9H,3-4,7,13H2,1-2H3,(H,15,16). The van der Waals surface area contributed by atoms with E-state index in [9.17, 15) is 4.79 Å². The molecule has 1 heterocycles. The van der Waals surface area contributed by atoms with Crippen LogP contribution in [0.1, 0.15) is 38.1 Å². The zero-order valence-corrected chi connectivity index (χ0v) is 11.1. The van der Waals surface area contributed by atoms with Gasteiger partial charge >= 0.3 is 0 Å². The molecule has 17 heavy (non-hydrogen) atoms. The van der Waals surface area contributed by atoms with Crippen LogP contribution in [0, 0.1) is 5.92 Å². The van der Waals surface area contributed by atoms with Gasteiger partial charge in [0.2, 0.25) is 5.91 Å². The van der Waals surface area contributed by atoms with Crippen molar-refractivity contribution in [2.75, 3.05) is 0 Å². The van der Waals surface area contributed by atoms with Gasteiger partial charge in [0.15, 0.2) is 0 Å². The molecular weight excluding hydrogens is 234 g/mol. The van der Waals surface area contributed by atoms with Crippen molar-refractivity contribution in [2.24, 2.45) is 11.7 Å². The highest BCUT2D eigenvalue weighted by Gasteiger charge is 2.32. The average molecular weight is 253 g/mol. The van der Waals surface area contributed by atoms with Crippen molar-refractivity contribution in [3.8, 4) is 0 Å². The molecule has 0 bridgehead atoms. The van der Waals surface area contributed by atoms with Gasteiger partial charge in [-0.2, -0.15) is 0 Å². The first-order valence-corrected chi connectivity index (χ1v) is 6.84. The normalized spacial score (nSPS) is 24.9. The smallest absolute Gasteiger partial charge is 0.223 e. The molecule has 0 radical (unpaired) electrons. The van der Waals surface area contributed by atoms with E-state index >= 15 is 0 Å². The molecule has 3 N–H and O–H groups in total. The SMILES string of the molecule is CC(C)(NC(=O)C1CCC(N)C1)c1nccs1. The first-order chi connectivity index (χ1) is 7.99. The number of nitrogens with zero attached hydrogens (tertiary/aromatic N) is 1. The molecule has 2 atom stereocenters. The molecule has 1 saturated carbocycles. The molecule has 2 unspecified atom stereocenters. The largest absolute Gasteiger partial charge is 0.344 e. The molecule has 5 heteroatoms. The zero-order chi connectivity index (χ0) is 12.5. The molecule has 0 aromatic carbocycles. The lowest BCUT2D eigenvalue weighted by atomic mass is 10.0. The van der Waals surface area contributed by atoms with Crippen LogP contribution in [0.3, 0.4) is 0 Å². The van der Waals surface area contributed by atoms with Crippen molar-refractivity contribution in [1.29, 1.82) is 0 Å². The Labute approximate surface area is 106 Å². The fourth-order valence-corrected chi connectivity index (χ4v) is 2.97. The average Bonchev–Trinajstić information content (AvgIpc) is 2.86. The number of carbonyl (C=O) groups is 1. The highest BCUT2D eigenvalue weighted by molar-refractivity contribution is 7.09. The Balaban J connectivity index is 1.99. The minimum atomic E-state index is -0.391. The van der Waals surface area contributed by atoms with Gasteiger partial charge in [0.1, 0.15) is 5.01 Å². The predicted octanol–water partition coefficient (Wildman–Crippen LogP) is 1.62. The fourth-order valence-electron chi connectivity index (χ4n) is 2.25. The van der Waals surface area contributed by atoms with Gasteiger partial charge in [0, 0.05) is 23.5 Å². The molecule has 1 aliphatic carbocycles. The summed E-state index contributed by atoms with van der Waals surface area (Å²) in [7, 11) is 0. The number of nitrogens with one attached hydrogen (secondary N) is 1. The van der Waals surface area contributed by atoms with Crippen molar-refractivity contribution in [1.82, 2.24) is 10.3 Å². The van der Waals surface area contributed by atoms with Crippen molar-refractivity contribution < 1.29 is 4.79 Å². The second kappa shape index (κ2) is 4.74. The van der Waals surface area contributed by atoms with Gasteiger partial charge in [-0.15, -0.1) is 11.3 Å². The zero-order valence-electron chi connectivity index (χ0n) is 10.3. The number of amides is 1. The van der Waals surface area contributed by atoms with Crippen LogP contribution in [0.15, 0.2) is 11.6 Å². The van der Waals surface area contributed by atoms with E-state index in [0.717, 1.165) is 24.3 Å². The van der Waals surface area contributed by atoms with Crippen molar-refractivity contribution >= 4 is 17.2 Å². The minimum Gasteiger partial charge on any atom is -0.344 e. The summed E-state index contributed by atoms with van der Waals surface area (Å²) in [6.45, 7) is 3.97. The van der Waals surface area contributed by atoms with Gasteiger partial charge in [-0.3, -0.25) is 4.79 Å². The molecule has 2 rings (SSSR count). The lowest BCUT2D eigenvalue weighted by Crippen LogP contribution is -2.43. The Bertz CT molecular complexity index is 388. The second-order valence-corrected chi connectivity index (χ2v) is 6.12. The molecule has 0 saturated heterocycles. The molecule has 0 aliphatic heterocycles. The van der Waals surface area contributed by atoms with E-state index in [0.29, 0.717) is 0 Å². The van der Waals surface area contributed by atoms with Gasteiger partial charge in [-0.05, 0) is 33.1 Å². The first-order valence-electron chi connectivity index (χ1n) is 5.96. The molecule has 1 aromatic rings. The second-order valence-electron chi connectivity index (χ2n) is 5.22. The van der Waals surface area contributed by atoms with Crippen LogP contribution in [-0.4, -0.2) is 16.9 Å². The van der Waals surface area contributed by atoms with Gasteiger partial charge in [-0.25, -0.2) is 4.98 Å². The highest BCUT2D eigenvalue weighted by atomic mass is 32.1. The van der Waals surface area contributed by atoms with Crippen molar-refractivity contribution in [2.45, 2.75) is 44.7 Å². The monoisotopic (exact) mass is 253 g/mol. The van der Waals surface area contributed by atoms with E-state index in [1.807, 2.05) is 19.2 Å². The third-order valence-corrected chi connectivity index (χ3v) is 4.34. The number of carbonyl (C=O) groups excluding carboxylic acids is 1. The van der Waals surface area contributed by atoms with Crippen LogP contribution in [0.4, 0.5) is 0 Å².